The van der Waals surface area contributed by atoms with Crippen molar-refractivity contribution in [2.75, 3.05) is 40.3 Å². The molecule has 6 aliphatic rings. The highest BCUT2D eigenvalue weighted by molar-refractivity contribution is 6.30. The van der Waals surface area contributed by atoms with Crippen LogP contribution in [0.5, 0.6) is 0 Å². The minimum absolute atomic E-state index is 0.00790. The molecule has 3 fully saturated rings. The lowest BCUT2D eigenvalue weighted by molar-refractivity contribution is -0.199. The lowest BCUT2D eigenvalue weighted by atomic mass is 9.33. The van der Waals surface area contributed by atoms with Gasteiger partial charge in [0, 0.05) is 44.2 Å². The number of amides is 1. The van der Waals surface area contributed by atoms with Gasteiger partial charge in [-0.1, -0.05) is 84.4 Å². The molecule has 0 heterocycles. The Labute approximate surface area is 380 Å². The predicted molar refractivity (Wildman–Crippen MR) is 252 cm³/mol. The number of hydrogen-bond acceptors (Lipinski definition) is 6. The van der Waals surface area contributed by atoms with E-state index in [1.165, 1.54) is 35.1 Å². The fraction of sp³-hybridized carbons (Fsp3) is 0.722. The molecule has 7 rings (SSSR count). The van der Waals surface area contributed by atoms with Crippen LogP contribution in [-0.2, 0) is 25.7 Å². The summed E-state index contributed by atoms with van der Waals surface area (Å²) >= 11 is 6.20. The summed E-state index contributed by atoms with van der Waals surface area (Å²) in [5, 5.41) is 4.18. The van der Waals surface area contributed by atoms with E-state index in [0.717, 1.165) is 88.1 Å². The Morgan fingerprint density at radius 1 is 0.887 bits per heavy atom. The van der Waals surface area contributed by atoms with E-state index in [9.17, 15) is 14.4 Å². The van der Waals surface area contributed by atoms with Crippen molar-refractivity contribution in [3.63, 3.8) is 0 Å². The molecule has 1 aromatic rings. The molecule has 0 aromatic heterocycles. The highest BCUT2D eigenvalue weighted by Gasteiger charge is 2.70. The SMILES string of the molecule is CC(C)C1=C2C3CCC4[C@@]5(C)CC=C(C6=CC[C@@H](C(=O)OC(C)(C)C)CC6)C(C)(C)C5CC[C@@]4(C)[C@]3(C)CC[C@@]2(C(=O)NCCN(CCN(C)C)Cc2ccc(Cl)cc2)CC1=O. The van der Waals surface area contributed by atoms with E-state index >= 15 is 0 Å². The maximum atomic E-state index is 14.9. The van der Waals surface area contributed by atoms with Gasteiger partial charge >= 0.3 is 5.97 Å². The second kappa shape index (κ2) is 17.2. The van der Waals surface area contributed by atoms with Crippen LogP contribution in [0.25, 0.3) is 0 Å². The number of benzene rings is 1. The second-order valence-electron chi connectivity index (χ2n) is 23.5. The number of carbonyl (C=O) groups is 3. The van der Waals surface area contributed by atoms with Crippen LogP contribution in [0.3, 0.4) is 0 Å². The number of ketones is 1. The zero-order chi connectivity index (χ0) is 45.2. The van der Waals surface area contributed by atoms with Crippen LogP contribution in [-0.4, -0.2) is 73.3 Å². The average molecular weight is 871 g/mol. The number of allylic oxidation sites excluding steroid dienone is 5. The van der Waals surface area contributed by atoms with Gasteiger partial charge in [0.2, 0.25) is 5.91 Å². The first-order valence-corrected chi connectivity index (χ1v) is 24.6. The maximum Gasteiger partial charge on any atom is 0.309 e. The van der Waals surface area contributed by atoms with Crippen molar-refractivity contribution in [1.29, 1.82) is 0 Å². The lowest BCUT2D eigenvalue weighted by Crippen LogP contribution is -2.64. The van der Waals surface area contributed by atoms with Gasteiger partial charge in [0.1, 0.15) is 5.60 Å². The van der Waals surface area contributed by atoms with Crippen LogP contribution < -0.4 is 5.32 Å². The number of hydrogen-bond donors (Lipinski definition) is 1. The number of likely N-dealkylation sites (N-methyl/N-ethyl adjacent to an activating group) is 1. The summed E-state index contributed by atoms with van der Waals surface area (Å²) in [4.78, 5) is 46.8. The van der Waals surface area contributed by atoms with Gasteiger partial charge in [-0.05, 0) is 184 Å². The molecule has 7 nitrogen and oxygen atoms in total. The van der Waals surface area contributed by atoms with Gasteiger partial charge in [0.25, 0.3) is 0 Å². The number of nitrogens with one attached hydrogen (secondary N) is 1. The molecule has 8 atom stereocenters. The Morgan fingerprint density at radius 2 is 1.60 bits per heavy atom. The summed E-state index contributed by atoms with van der Waals surface area (Å²) in [5.41, 5.74) is 5.40. The van der Waals surface area contributed by atoms with E-state index in [1.54, 1.807) is 0 Å². The minimum Gasteiger partial charge on any atom is -0.460 e. The number of ether oxygens (including phenoxy) is 1. The second-order valence-corrected chi connectivity index (χ2v) is 24.0. The van der Waals surface area contributed by atoms with Crippen LogP contribution in [0.4, 0.5) is 0 Å². The van der Waals surface area contributed by atoms with E-state index in [0.29, 0.717) is 24.8 Å². The number of Topliss-reactive ketones (excluding diaryl/α,β-unsaturated/α-hetero) is 1. The molecule has 62 heavy (non-hydrogen) atoms. The fourth-order valence-corrected chi connectivity index (χ4v) is 14.8. The molecule has 6 aliphatic carbocycles. The zero-order valence-electron chi connectivity index (χ0n) is 40.6. The average Bonchev–Trinajstić information content (AvgIpc) is 3.50. The Hall–Kier alpha value is -2.74. The maximum absolute atomic E-state index is 14.9. The molecule has 0 saturated heterocycles. The summed E-state index contributed by atoms with van der Waals surface area (Å²) in [6.45, 7) is 26.9. The van der Waals surface area contributed by atoms with Gasteiger partial charge in [0.15, 0.2) is 5.78 Å². The molecular formula is C54H80ClN3O4. The highest BCUT2D eigenvalue weighted by atomic mass is 35.5. The van der Waals surface area contributed by atoms with Crippen molar-refractivity contribution in [2.45, 2.75) is 152 Å². The molecule has 342 valence electrons. The van der Waals surface area contributed by atoms with Crippen LogP contribution in [0.15, 0.2) is 58.7 Å². The summed E-state index contributed by atoms with van der Waals surface area (Å²) < 4.78 is 5.78. The van der Waals surface area contributed by atoms with Crippen molar-refractivity contribution in [3.05, 3.63) is 69.3 Å². The molecule has 0 spiro atoms. The standard InChI is InChI=1S/C54H80ClN3O4/c1-35(2)45-42(59)33-54(48(61)56-29-30-58(32-31-57(11)12)34-36-13-19-39(55)20-14-36)28-27-52(9)41(46(45)54)21-22-44-51(8)25-23-40(50(6,7)43(51)24-26-53(44,52)10)37-15-17-38(18-16-37)47(60)62-49(3,4)5/h13-15,19-20,23,35,38,41,43-44H,16-18,21-22,24-34H2,1-12H3,(H,56,61)/t38-,41?,43?,44?,51+,52-,53-,54-/m1/s1. The number of halogens is 1. The molecule has 1 amide bonds. The fourth-order valence-electron chi connectivity index (χ4n) is 14.7. The number of esters is 1. The molecule has 1 N–H and O–H groups in total. The van der Waals surface area contributed by atoms with Crippen LogP contribution in [0.2, 0.25) is 5.02 Å². The monoisotopic (exact) mass is 870 g/mol. The quantitative estimate of drug-likeness (QED) is 0.211. The van der Waals surface area contributed by atoms with Crippen LogP contribution in [0, 0.1) is 56.7 Å². The van der Waals surface area contributed by atoms with E-state index in [1.807, 2.05) is 32.9 Å². The summed E-state index contributed by atoms with van der Waals surface area (Å²) in [6.07, 6.45) is 15.2. The topological polar surface area (TPSA) is 79.0 Å². The molecule has 0 radical (unpaired) electrons. The number of fused-ring (bicyclic) bond motifs is 7. The van der Waals surface area contributed by atoms with Gasteiger partial charge in [0.05, 0.1) is 11.3 Å². The highest BCUT2D eigenvalue weighted by Crippen LogP contribution is 2.77. The summed E-state index contributed by atoms with van der Waals surface area (Å²) in [7, 11) is 4.19. The number of nitrogens with zero attached hydrogens (tertiary/aromatic N) is 2. The van der Waals surface area contributed by atoms with Crippen molar-refractivity contribution in [2.24, 2.45) is 56.7 Å². The molecular weight excluding hydrogens is 790 g/mol. The first-order chi connectivity index (χ1) is 29.0. The third-order valence-electron chi connectivity index (χ3n) is 17.8. The van der Waals surface area contributed by atoms with Crippen LogP contribution >= 0.6 is 11.6 Å². The number of carbonyl (C=O) groups excluding carboxylic acids is 3. The third-order valence-corrected chi connectivity index (χ3v) is 18.1. The van der Waals surface area contributed by atoms with Crippen molar-refractivity contribution >= 4 is 29.3 Å². The van der Waals surface area contributed by atoms with E-state index in [-0.39, 0.29) is 57.1 Å². The Bertz CT molecular complexity index is 1990. The van der Waals surface area contributed by atoms with Crippen molar-refractivity contribution in [1.82, 2.24) is 15.1 Å². The molecule has 0 aliphatic heterocycles. The molecule has 8 heteroatoms. The molecule has 0 bridgehead atoms. The van der Waals surface area contributed by atoms with E-state index in [4.69, 9.17) is 16.3 Å². The van der Waals surface area contributed by atoms with Gasteiger partial charge in [-0.2, -0.15) is 0 Å². The molecule has 1 aromatic carbocycles. The van der Waals surface area contributed by atoms with Crippen LogP contribution in [0.1, 0.15) is 145 Å². The third kappa shape index (κ3) is 8.36. The van der Waals surface area contributed by atoms with Gasteiger partial charge in [-0.25, -0.2) is 0 Å². The Morgan fingerprint density at radius 3 is 2.23 bits per heavy atom. The van der Waals surface area contributed by atoms with Gasteiger partial charge < -0.3 is 15.0 Å². The minimum atomic E-state index is -0.753. The lowest BCUT2D eigenvalue weighted by Gasteiger charge is -2.71. The van der Waals surface area contributed by atoms with E-state index < -0.39 is 11.0 Å². The van der Waals surface area contributed by atoms with E-state index in [2.05, 4.69) is 102 Å². The Balaban J connectivity index is 1.11. The first-order valence-electron chi connectivity index (χ1n) is 24.3. The number of rotatable bonds is 12. The smallest absolute Gasteiger partial charge is 0.309 e. The normalized spacial score (nSPS) is 34.3. The van der Waals surface area contributed by atoms with Crippen molar-refractivity contribution in [3.8, 4) is 0 Å². The predicted octanol–water partition coefficient (Wildman–Crippen LogP) is 11.4. The molecule has 3 unspecified atom stereocenters. The Kier molecular flexibility index (Phi) is 13.1. The summed E-state index contributed by atoms with van der Waals surface area (Å²) in [5.74, 6) is 1.58. The molecule has 3 saturated carbocycles. The largest absolute Gasteiger partial charge is 0.460 e. The summed E-state index contributed by atoms with van der Waals surface area (Å²) in [6, 6.07) is 8.06. The zero-order valence-corrected chi connectivity index (χ0v) is 41.3. The van der Waals surface area contributed by atoms with Gasteiger partial charge in [-0.15, -0.1) is 0 Å². The first kappa shape index (κ1) is 47.2. The van der Waals surface area contributed by atoms with Gasteiger partial charge in [-0.3, -0.25) is 19.3 Å². The van der Waals surface area contributed by atoms with Crippen molar-refractivity contribution < 1.29 is 19.1 Å².